The Labute approximate surface area is 229 Å². The van der Waals surface area contributed by atoms with E-state index in [2.05, 4.69) is 34.3 Å². The Bertz CT molecular complexity index is 950. The lowest BCUT2D eigenvalue weighted by atomic mass is 9.32. The van der Waals surface area contributed by atoms with E-state index in [-0.39, 0.29) is 60.5 Å². The van der Waals surface area contributed by atoms with Crippen LogP contribution in [0.1, 0.15) is 91.9 Å². The van der Waals surface area contributed by atoms with E-state index in [1.54, 1.807) is 0 Å². The first-order valence-electron chi connectivity index (χ1n) is 15.2. The minimum Gasteiger partial charge on any atom is -0.463 e. The second-order valence-electron chi connectivity index (χ2n) is 14.9. The van der Waals surface area contributed by atoms with Crippen molar-refractivity contribution in [1.29, 1.82) is 0 Å². The van der Waals surface area contributed by atoms with Crippen LogP contribution in [0, 0.1) is 56.7 Å². The maximum absolute atomic E-state index is 13.7. The van der Waals surface area contributed by atoms with Gasteiger partial charge < -0.3 is 25.2 Å². The van der Waals surface area contributed by atoms with Crippen LogP contribution in [-0.4, -0.2) is 58.9 Å². The van der Waals surface area contributed by atoms with Crippen molar-refractivity contribution in [1.82, 2.24) is 0 Å². The number of carbonyl (C=O) groups excluding carboxylic acids is 1. The van der Waals surface area contributed by atoms with Gasteiger partial charge in [0.25, 0.3) is 0 Å². The highest BCUT2D eigenvalue weighted by atomic mass is 16.5. The SMILES string of the molecule is C=C(CO)[C@@H]1CC[C@]2(C(=O)OCCO)CC[C@]3(C)C(CC[C@@H]4[C@@]5(C)CCC(O)[C@@](C)(CO)[C@@H]5CC[C@]43C)[C@@H]12. The van der Waals surface area contributed by atoms with Crippen LogP contribution < -0.4 is 0 Å². The predicted octanol–water partition coefficient (Wildman–Crippen LogP) is 4.49. The summed E-state index contributed by atoms with van der Waals surface area (Å²) in [5.74, 6) is 1.20. The summed E-state index contributed by atoms with van der Waals surface area (Å²) < 4.78 is 5.65. The Kier molecular flexibility index (Phi) is 7.19. The molecule has 0 amide bonds. The van der Waals surface area contributed by atoms with Gasteiger partial charge in [-0.05, 0) is 116 Å². The predicted molar refractivity (Wildman–Crippen MR) is 146 cm³/mol. The summed E-state index contributed by atoms with van der Waals surface area (Å²) in [6, 6.07) is 0. The largest absolute Gasteiger partial charge is 0.463 e. The van der Waals surface area contributed by atoms with Crippen molar-refractivity contribution in [2.75, 3.05) is 26.4 Å². The number of carbonyl (C=O) groups is 1. The van der Waals surface area contributed by atoms with E-state index in [0.717, 1.165) is 69.8 Å². The fourth-order valence-corrected chi connectivity index (χ4v) is 11.8. The molecule has 0 heterocycles. The number of fused-ring (bicyclic) bond motifs is 7. The zero-order valence-electron chi connectivity index (χ0n) is 24.2. The Balaban J connectivity index is 1.54. The van der Waals surface area contributed by atoms with Crippen LogP contribution in [0.3, 0.4) is 0 Å². The van der Waals surface area contributed by atoms with Gasteiger partial charge in [-0.1, -0.05) is 34.3 Å². The number of aliphatic hydroxyl groups excluding tert-OH is 4. The van der Waals surface area contributed by atoms with Crippen LogP contribution in [0.5, 0.6) is 0 Å². The molecule has 0 aliphatic heterocycles. The monoisotopic (exact) mass is 532 g/mol. The van der Waals surface area contributed by atoms with E-state index in [0.29, 0.717) is 17.8 Å². The van der Waals surface area contributed by atoms with E-state index in [1.165, 1.54) is 0 Å². The van der Waals surface area contributed by atoms with Gasteiger partial charge in [-0.15, -0.1) is 0 Å². The van der Waals surface area contributed by atoms with Crippen molar-refractivity contribution in [3.63, 3.8) is 0 Å². The van der Waals surface area contributed by atoms with Crippen LogP contribution in [0.15, 0.2) is 12.2 Å². The molecule has 5 fully saturated rings. The number of ether oxygens (including phenoxy) is 1. The van der Waals surface area contributed by atoms with Crippen molar-refractivity contribution in [3.8, 4) is 0 Å². The van der Waals surface area contributed by atoms with Crippen molar-refractivity contribution in [2.45, 2.75) is 98.0 Å². The van der Waals surface area contributed by atoms with E-state index < -0.39 is 16.9 Å². The summed E-state index contributed by atoms with van der Waals surface area (Å²) in [7, 11) is 0. The van der Waals surface area contributed by atoms with Crippen LogP contribution in [-0.2, 0) is 9.53 Å². The zero-order chi connectivity index (χ0) is 27.7. The molecule has 0 aromatic heterocycles. The average Bonchev–Trinajstić information content (AvgIpc) is 3.30. The maximum atomic E-state index is 13.7. The average molecular weight is 533 g/mol. The standard InChI is InChI=1S/C32H52O6/c1-20(18-34)21-8-13-32(27(37)38-17-16-33)15-14-30(4)22(26(21)32)6-7-24-28(2)11-10-25(36)29(3,19-35)23(28)9-12-31(24,30)5/h21-26,33-36H,1,6-19H2,2-5H3/t21-,22?,23+,24+,25?,26+,28-,29-,30+,31+,32-/m0/s1. The lowest BCUT2D eigenvalue weighted by Gasteiger charge is -2.72. The second kappa shape index (κ2) is 9.56. The van der Waals surface area contributed by atoms with Gasteiger partial charge in [0.15, 0.2) is 0 Å². The normalized spacial score (nSPS) is 51.8. The Morgan fingerprint density at radius 1 is 0.868 bits per heavy atom. The van der Waals surface area contributed by atoms with E-state index in [9.17, 15) is 25.2 Å². The van der Waals surface area contributed by atoms with Gasteiger partial charge in [-0.2, -0.15) is 0 Å². The summed E-state index contributed by atoms with van der Waals surface area (Å²) in [4.78, 5) is 13.7. The number of rotatable bonds is 6. The lowest BCUT2D eigenvalue weighted by molar-refractivity contribution is -0.254. The molecule has 5 aliphatic rings. The zero-order valence-corrected chi connectivity index (χ0v) is 24.2. The molecule has 38 heavy (non-hydrogen) atoms. The molecule has 5 saturated carbocycles. The van der Waals surface area contributed by atoms with Crippen molar-refractivity contribution in [3.05, 3.63) is 12.2 Å². The van der Waals surface area contributed by atoms with Crippen LogP contribution in [0.4, 0.5) is 0 Å². The first-order valence-corrected chi connectivity index (χ1v) is 15.2. The molecule has 5 rings (SSSR count). The van der Waals surface area contributed by atoms with E-state index in [4.69, 9.17) is 4.74 Å². The molecular formula is C32H52O6. The third-order valence-electron chi connectivity index (χ3n) is 14.0. The van der Waals surface area contributed by atoms with Crippen molar-refractivity contribution < 1.29 is 30.0 Å². The Morgan fingerprint density at radius 3 is 2.26 bits per heavy atom. The highest BCUT2D eigenvalue weighted by Crippen LogP contribution is 2.77. The molecule has 0 spiro atoms. The van der Waals surface area contributed by atoms with E-state index >= 15 is 0 Å². The van der Waals surface area contributed by atoms with Crippen molar-refractivity contribution >= 4 is 5.97 Å². The second-order valence-corrected chi connectivity index (χ2v) is 14.9. The Morgan fingerprint density at radius 2 is 1.61 bits per heavy atom. The molecule has 11 atom stereocenters. The van der Waals surface area contributed by atoms with Gasteiger partial charge in [0.2, 0.25) is 0 Å². The minimum absolute atomic E-state index is 0.0310. The first-order chi connectivity index (χ1) is 17.9. The quantitative estimate of drug-likeness (QED) is 0.297. The summed E-state index contributed by atoms with van der Waals surface area (Å²) in [6.07, 6.45) is 8.93. The lowest BCUT2D eigenvalue weighted by Crippen LogP contribution is -2.67. The van der Waals surface area contributed by atoms with Gasteiger partial charge in [0, 0.05) is 5.41 Å². The number of hydrogen-bond donors (Lipinski definition) is 4. The Hall–Kier alpha value is -0.950. The summed E-state index contributed by atoms with van der Waals surface area (Å²) >= 11 is 0. The molecule has 6 nitrogen and oxygen atoms in total. The molecule has 0 radical (unpaired) electrons. The third kappa shape index (κ3) is 3.55. The molecule has 4 N–H and O–H groups in total. The van der Waals surface area contributed by atoms with Gasteiger partial charge in [0.1, 0.15) is 6.61 Å². The molecule has 0 aromatic rings. The van der Waals surface area contributed by atoms with E-state index in [1.807, 2.05) is 0 Å². The number of aliphatic hydroxyl groups is 4. The van der Waals surface area contributed by atoms with Gasteiger partial charge in [0.05, 0.1) is 31.3 Å². The molecule has 6 heteroatoms. The molecule has 0 aromatic carbocycles. The summed E-state index contributed by atoms with van der Waals surface area (Å²) in [5, 5.41) is 40.9. The highest BCUT2D eigenvalue weighted by molar-refractivity contribution is 5.78. The van der Waals surface area contributed by atoms with Gasteiger partial charge >= 0.3 is 5.97 Å². The highest BCUT2D eigenvalue weighted by Gasteiger charge is 2.72. The number of hydrogen-bond acceptors (Lipinski definition) is 6. The molecule has 0 bridgehead atoms. The molecule has 0 saturated heterocycles. The third-order valence-corrected chi connectivity index (χ3v) is 14.0. The van der Waals surface area contributed by atoms with Crippen LogP contribution >= 0.6 is 0 Å². The van der Waals surface area contributed by atoms with Crippen LogP contribution in [0.25, 0.3) is 0 Å². The van der Waals surface area contributed by atoms with Crippen LogP contribution in [0.2, 0.25) is 0 Å². The molecule has 2 unspecified atom stereocenters. The summed E-state index contributed by atoms with van der Waals surface area (Å²) in [5.41, 5.74) is 0.0274. The topological polar surface area (TPSA) is 107 Å². The fourth-order valence-electron chi connectivity index (χ4n) is 11.8. The fraction of sp³-hybridized carbons (Fsp3) is 0.906. The minimum atomic E-state index is -0.559. The molecule has 216 valence electrons. The molecular weight excluding hydrogens is 480 g/mol. The van der Waals surface area contributed by atoms with Crippen molar-refractivity contribution in [2.24, 2.45) is 56.7 Å². The van der Waals surface area contributed by atoms with Gasteiger partial charge in [-0.25, -0.2) is 0 Å². The summed E-state index contributed by atoms with van der Waals surface area (Å²) in [6.45, 7) is 13.7. The molecule has 5 aliphatic carbocycles. The van der Waals surface area contributed by atoms with Gasteiger partial charge in [-0.3, -0.25) is 4.79 Å². The number of esters is 1. The smallest absolute Gasteiger partial charge is 0.312 e. The maximum Gasteiger partial charge on any atom is 0.312 e. The first kappa shape index (κ1) is 28.6.